The normalized spacial score (nSPS) is 19.7. The number of carboxylic acid groups (broad SMARTS) is 1. The van der Waals surface area contributed by atoms with Crippen LogP contribution in [-0.4, -0.2) is 38.1 Å². The molecule has 2 amide bonds. The second kappa shape index (κ2) is 5.86. The number of imide groups is 1. The highest BCUT2D eigenvalue weighted by molar-refractivity contribution is 5.93. The molecule has 1 atom stereocenters. The lowest BCUT2D eigenvalue weighted by atomic mass is 9.93. The molecule has 104 valence electrons. The zero-order valence-electron chi connectivity index (χ0n) is 11.1. The molecule has 2 heterocycles. The van der Waals surface area contributed by atoms with Gasteiger partial charge in [0.05, 0.1) is 12.0 Å². The molecule has 1 aromatic rings. The van der Waals surface area contributed by atoms with Crippen LogP contribution in [0.4, 0.5) is 4.79 Å². The molecular formula is C13H19N3O3. The van der Waals surface area contributed by atoms with Crippen molar-refractivity contribution in [2.75, 3.05) is 6.54 Å². The van der Waals surface area contributed by atoms with E-state index in [0.29, 0.717) is 13.0 Å². The van der Waals surface area contributed by atoms with Crippen molar-refractivity contribution in [3.8, 4) is 0 Å². The third kappa shape index (κ3) is 3.13. The number of imidazole rings is 1. The summed E-state index contributed by atoms with van der Waals surface area (Å²) in [6.07, 6.45) is 5.59. The Bertz CT molecular complexity index is 469. The van der Waals surface area contributed by atoms with Gasteiger partial charge in [-0.1, -0.05) is 6.92 Å². The van der Waals surface area contributed by atoms with Crippen molar-refractivity contribution in [1.82, 2.24) is 14.5 Å². The molecule has 6 heteroatoms. The van der Waals surface area contributed by atoms with E-state index in [1.54, 1.807) is 6.33 Å². The van der Waals surface area contributed by atoms with Crippen LogP contribution < -0.4 is 0 Å². The third-order valence-corrected chi connectivity index (χ3v) is 3.40. The van der Waals surface area contributed by atoms with Crippen LogP contribution in [0.3, 0.4) is 0 Å². The van der Waals surface area contributed by atoms with E-state index in [9.17, 15) is 9.59 Å². The van der Waals surface area contributed by atoms with Gasteiger partial charge in [-0.05, 0) is 19.3 Å². The van der Waals surface area contributed by atoms with E-state index in [-0.39, 0.29) is 11.8 Å². The van der Waals surface area contributed by atoms with Crippen molar-refractivity contribution in [3.05, 3.63) is 18.2 Å². The summed E-state index contributed by atoms with van der Waals surface area (Å²) < 4.78 is 2.00. The number of hydrogen-bond acceptors (Lipinski definition) is 3. The van der Waals surface area contributed by atoms with Gasteiger partial charge in [0.1, 0.15) is 0 Å². The van der Waals surface area contributed by atoms with E-state index in [2.05, 4.69) is 11.9 Å². The van der Waals surface area contributed by atoms with Gasteiger partial charge in [0.2, 0.25) is 5.91 Å². The monoisotopic (exact) mass is 265 g/mol. The molecule has 0 bridgehead atoms. The van der Waals surface area contributed by atoms with E-state index in [4.69, 9.17) is 5.11 Å². The number of piperidine rings is 1. The number of carbonyl (C=O) groups excluding carboxylic acids is 1. The van der Waals surface area contributed by atoms with Crippen molar-refractivity contribution in [2.45, 2.75) is 39.2 Å². The van der Waals surface area contributed by atoms with Gasteiger partial charge in [0.15, 0.2) is 0 Å². The van der Waals surface area contributed by atoms with E-state index in [1.165, 1.54) is 0 Å². The van der Waals surface area contributed by atoms with E-state index in [1.807, 2.05) is 10.8 Å². The maximum Gasteiger partial charge on any atom is 0.414 e. The zero-order chi connectivity index (χ0) is 13.8. The number of amides is 2. The van der Waals surface area contributed by atoms with Gasteiger partial charge in [-0.3, -0.25) is 4.79 Å². The standard InChI is InChI=1S/C13H19N3O3/c1-2-5-15-8-11(14-9-15)7-10-4-3-6-16(12(10)17)13(18)19/h8-10H,2-7H2,1H3,(H,18,19)/t10-/m0/s1. The maximum atomic E-state index is 12.0. The molecule has 6 nitrogen and oxygen atoms in total. The van der Waals surface area contributed by atoms with E-state index in [0.717, 1.165) is 36.4 Å². The molecule has 19 heavy (non-hydrogen) atoms. The highest BCUT2D eigenvalue weighted by Crippen LogP contribution is 2.21. The Balaban J connectivity index is 2.01. The summed E-state index contributed by atoms with van der Waals surface area (Å²) in [5, 5.41) is 8.95. The number of likely N-dealkylation sites (tertiary alicyclic amines) is 1. The van der Waals surface area contributed by atoms with Crippen molar-refractivity contribution in [2.24, 2.45) is 5.92 Å². The van der Waals surface area contributed by atoms with Gasteiger partial charge < -0.3 is 9.67 Å². The minimum absolute atomic E-state index is 0.255. The molecule has 1 aliphatic heterocycles. The summed E-state index contributed by atoms with van der Waals surface area (Å²) in [5.74, 6) is -0.543. The van der Waals surface area contributed by atoms with Crippen LogP contribution >= 0.6 is 0 Å². The molecule has 0 aromatic carbocycles. The minimum atomic E-state index is -1.15. The Kier molecular flexibility index (Phi) is 4.19. The summed E-state index contributed by atoms with van der Waals surface area (Å²) >= 11 is 0. The van der Waals surface area contributed by atoms with Crippen LogP contribution in [0.15, 0.2) is 12.5 Å². The lowest BCUT2D eigenvalue weighted by Crippen LogP contribution is -2.44. The predicted molar refractivity (Wildman–Crippen MR) is 68.7 cm³/mol. The second-order valence-corrected chi connectivity index (χ2v) is 4.92. The SMILES string of the molecule is CCCn1cnc(C[C@@H]2CCCN(C(=O)O)C2=O)c1. The summed E-state index contributed by atoms with van der Waals surface area (Å²) in [4.78, 5) is 28.2. The average molecular weight is 265 g/mol. The molecule has 1 aliphatic rings. The predicted octanol–water partition coefficient (Wildman–Crippen LogP) is 1.75. The lowest BCUT2D eigenvalue weighted by Gasteiger charge is -2.28. The van der Waals surface area contributed by atoms with Crippen molar-refractivity contribution in [1.29, 1.82) is 0 Å². The fraction of sp³-hybridized carbons (Fsp3) is 0.615. The van der Waals surface area contributed by atoms with Gasteiger partial charge in [-0.25, -0.2) is 14.7 Å². The van der Waals surface area contributed by atoms with Gasteiger partial charge >= 0.3 is 6.09 Å². The first-order valence-corrected chi connectivity index (χ1v) is 6.66. The first-order valence-electron chi connectivity index (χ1n) is 6.66. The van der Waals surface area contributed by atoms with Gasteiger partial charge in [0, 0.05) is 31.6 Å². The summed E-state index contributed by atoms with van der Waals surface area (Å²) in [6.45, 7) is 3.32. The second-order valence-electron chi connectivity index (χ2n) is 4.92. The number of carbonyl (C=O) groups is 2. The van der Waals surface area contributed by atoms with Crippen molar-refractivity contribution < 1.29 is 14.7 Å². The fourth-order valence-corrected chi connectivity index (χ4v) is 2.47. The molecule has 1 fully saturated rings. The number of aromatic nitrogens is 2. The minimum Gasteiger partial charge on any atom is -0.465 e. The Morgan fingerprint density at radius 1 is 1.58 bits per heavy atom. The van der Waals surface area contributed by atoms with E-state index >= 15 is 0 Å². The average Bonchev–Trinajstić information content (AvgIpc) is 2.79. The molecule has 2 rings (SSSR count). The topological polar surface area (TPSA) is 75.4 Å². The number of hydrogen-bond donors (Lipinski definition) is 1. The van der Waals surface area contributed by atoms with Crippen molar-refractivity contribution >= 4 is 12.0 Å². The highest BCUT2D eigenvalue weighted by Gasteiger charge is 2.32. The van der Waals surface area contributed by atoms with E-state index < -0.39 is 6.09 Å². The first-order chi connectivity index (χ1) is 9.11. The van der Waals surface area contributed by atoms with Gasteiger partial charge in [0.25, 0.3) is 0 Å². The molecule has 1 saturated heterocycles. The summed E-state index contributed by atoms with van der Waals surface area (Å²) in [5.41, 5.74) is 0.860. The van der Waals surface area contributed by atoms with Crippen molar-refractivity contribution in [3.63, 3.8) is 0 Å². The van der Waals surface area contributed by atoms with Crippen LogP contribution in [0, 0.1) is 5.92 Å². The Hall–Kier alpha value is -1.85. The summed E-state index contributed by atoms with van der Waals surface area (Å²) in [6, 6.07) is 0. The van der Waals surface area contributed by atoms with Crippen LogP contribution in [0.5, 0.6) is 0 Å². The Morgan fingerprint density at radius 3 is 3.05 bits per heavy atom. The molecule has 1 N–H and O–H groups in total. The van der Waals surface area contributed by atoms with Gasteiger partial charge in [-0.2, -0.15) is 0 Å². The quantitative estimate of drug-likeness (QED) is 0.900. The smallest absolute Gasteiger partial charge is 0.414 e. The number of rotatable bonds is 4. The molecule has 0 spiro atoms. The van der Waals surface area contributed by atoms with Crippen LogP contribution in [0.25, 0.3) is 0 Å². The summed E-state index contributed by atoms with van der Waals surface area (Å²) in [7, 11) is 0. The zero-order valence-corrected chi connectivity index (χ0v) is 11.1. The number of nitrogens with zero attached hydrogens (tertiary/aromatic N) is 3. The third-order valence-electron chi connectivity index (χ3n) is 3.40. The molecule has 0 aliphatic carbocycles. The van der Waals surface area contributed by atoms with Crippen LogP contribution in [-0.2, 0) is 17.8 Å². The Morgan fingerprint density at radius 2 is 2.37 bits per heavy atom. The number of aryl methyl sites for hydroxylation is 1. The lowest BCUT2D eigenvalue weighted by molar-refractivity contribution is -0.135. The molecule has 0 saturated carbocycles. The Labute approximate surface area is 112 Å². The first kappa shape index (κ1) is 13.6. The fourth-order valence-electron chi connectivity index (χ4n) is 2.47. The molecular weight excluding hydrogens is 246 g/mol. The van der Waals surface area contributed by atoms with Crippen LogP contribution in [0.1, 0.15) is 31.9 Å². The highest BCUT2D eigenvalue weighted by atomic mass is 16.4. The van der Waals surface area contributed by atoms with Gasteiger partial charge in [-0.15, -0.1) is 0 Å². The maximum absolute atomic E-state index is 12.0. The molecule has 1 aromatic heterocycles. The largest absolute Gasteiger partial charge is 0.465 e. The van der Waals surface area contributed by atoms with Crippen LogP contribution in [0.2, 0.25) is 0 Å². The molecule has 0 unspecified atom stereocenters. The molecule has 0 radical (unpaired) electrons.